The van der Waals surface area contributed by atoms with E-state index in [2.05, 4.69) is 38.3 Å². The Morgan fingerprint density at radius 1 is 0.941 bits per heavy atom. The fourth-order valence-electron chi connectivity index (χ4n) is 4.40. The number of imide groups is 2. The van der Waals surface area contributed by atoms with E-state index in [0.29, 0.717) is 5.69 Å². The van der Waals surface area contributed by atoms with Crippen LogP contribution < -0.4 is 15.1 Å². The average Bonchev–Trinajstić information content (AvgIpc) is 2.83. The Morgan fingerprint density at radius 2 is 1.71 bits per heavy atom. The van der Waals surface area contributed by atoms with Crippen LogP contribution in [0.3, 0.4) is 0 Å². The number of hydrogen-bond donors (Lipinski definition) is 1. The lowest BCUT2D eigenvalue weighted by molar-refractivity contribution is -0.122. The number of carbonyl (C=O) groups is 3. The first-order valence-corrected chi connectivity index (χ1v) is 11.9. The van der Waals surface area contributed by atoms with Crippen LogP contribution in [0, 0.1) is 0 Å². The Balaban J connectivity index is 1.43. The summed E-state index contributed by atoms with van der Waals surface area (Å²) in [6.07, 6.45) is 3.53. The average molecular weight is 516 g/mol. The van der Waals surface area contributed by atoms with Crippen molar-refractivity contribution in [2.24, 2.45) is 0 Å². The monoisotopic (exact) mass is 515 g/mol. The van der Waals surface area contributed by atoms with Gasteiger partial charge in [0.05, 0.1) is 5.69 Å². The normalized spacial score (nSPS) is 17.1. The summed E-state index contributed by atoms with van der Waals surface area (Å²) in [5.41, 5.74) is 4.68. The molecule has 1 N–H and O–H groups in total. The van der Waals surface area contributed by atoms with Gasteiger partial charge < -0.3 is 4.90 Å². The van der Waals surface area contributed by atoms with E-state index in [1.54, 1.807) is 30.3 Å². The Morgan fingerprint density at radius 3 is 2.47 bits per heavy atom. The van der Waals surface area contributed by atoms with Crippen LogP contribution in [-0.2, 0) is 22.6 Å². The molecule has 0 aromatic heterocycles. The van der Waals surface area contributed by atoms with Crippen LogP contribution in [0.4, 0.5) is 16.2 Å². The van der Waals surface area contributed by atoms with Crippen LogP contribution >= 0.6 is 15.9 Å². The lowest BCUT2D eigenvalue weighted by atomic mass is 9.97. The van der Waals surface area contributed by atoms with Gasteiger partial charge in [-0.2, -0.15) is 0 Å². The van der Waals surface area contributed by atoms with E-state index < -0.39 is 17.8 Å². The van der Waals surface area contributed by atoms with Crippen molar-refractivity contribution in [1.82, 2.24) is 5.32 Å². The number of nitrogens with zero attached hydrogens (tertiary/aromatic N) is 2. The quantitative estimate of drug-likeness (QED) is 0.389. The molecule has 0 spiro atoms. The fourth-order valence-corrected chi connectivity index (χ4v) is 4.67. The van der Waals surface area contributed by atoms with Gasteiger partial charge in [0.1, 0.15) is 5.57 Å². The highest BCUT2D eigenvalue weighted by atomic mass is 79.9. The smallest absolute Gasteiger partial charge is 0.335 e. The molecule has 4 amide bonds. The van der Waals surface area contributed by atoms with E-state index in [9.17, 15) is 14.4 Å². The van der Waals surface area contributed by atoms with Crippen molar-refractivity contribution in [1.29, 1.82) is 0 Å². The Kier molecular flexibility index (Phi) is 6.02. The number of nitrogens with one attached hydrogen (secondary N) is 1. The van der Waals surface area contributed by atoms with Crippen molar-refractivity contribution in [2.45, 2.75) is 19.4 Å². The van der Waals surface area contributed by atoms with Gasteiger partial charge in [-0.25, -0.2) is 9.69 Å². The molecule has 34 heavy (non-hydrogen) atoms. The first kappa shape index (κ1) is 22.1. The highest BCUT2D eigenvalue weighted by Gasteiger charge is 2.36. The first-order chi connectivity index (χ1) is 16.5. The second-order valence-corrected chi connectivity index (χ2v) is 9.25. The fraction of sp³-hybridized carbons (Fsp3) is 0.148. The minimum absolute atomic E-state index is 0.0700. The van der Waals surface area contributed by atoms with Crippen LogP contribution in [0.1, 0.15) is 23.1 Å². The highest BCUT2D eigenvalue weighted by molar-refractivity contribution is 9.10. The number of rotatable bonds is 4. The highest BCUT2D eigenvalue weighted by Crippen LogP contribution is 2.31. The number of anilines is 2. The third-order valence-corrected chi connectivity index (χ3v) is 6.56. The van der Waals surface area contributed by atoms with Crippen molar-refractivity contribution in [3.05, 3.63) is 99.5 Å². The second kappa shape index (κ2) is 9.27. The molecular weight excluding hydrogens is 494 g/mol. The maximum atomic E-state index is 13.1. The molecule has 3 aromatic rings. The van der Waals surface area contributed by atoms with Gasteiger partial charge >= 0.3 is 6.03 Å². The van der Waals surface area contributed by atoms with Gasteiger partial charge in [-0.15, -0.1) is 0 Å². The molecule has 0 bridgehead atoms. The Bertz CT molecular complexity index is 1300. The van der Waals surface area contributed by atoms with E-state index in [4.69, 9.17) is 0 Å². The van der Waals surface area contributed by atoms with Crippen LogP contribution in [0.25, 0.3) is 6.08 Å². The van der Waals surface area contributed by atoms with Crippen molar-refractivity contribution >= 4 is 51.2 Å². The van der Waals surface area contributed by atoms with Crippen LogP contribution in [0.2, 0.25) is 0 Å². The number of benzene rings is 3. The predicted molar refractivity (Wildman–Crippen MR) is 135 cm³/mol. The van der Waals surface area contributed by atoms with Gasteiger partial charge in [0.15, 0.2) is 0 Å². The largest absolute Gasteiger partial charge is 0.367 e. The summed E-state index contributed by atoms with van der Waals surface area (Å²) in [5.74, 6) is -1.33. The molecule has 0 aliphatic carbocycles. The lowest BCUT2D eigenvalue weighted by Gasteiger charge is -2.32. The number of halogens is 1. The molecule has 2 heterocycles. The SMILES string of the molecule is O=C1NC(=O)N(c2ccc(Br)cc2)C(=O)C1=Cc1ccc2c(c1)CCCN2Cc1ccccc1. The third-order valence-electron chi connectivity index (χ3n) is 6.03. The zero-order valence-electron chi connectivity index (χ0n) is 18.3. The molecule has 0 saturated carbocycles. The number of amides is 4. The van der Waals surface area contributed by atoms with E-state index in [1.807, 2.05) is 36.4 Å². The van der Waals surface area contributed by atoms with Crippen molar-refractivity contribution in [2.75, 3.05) is 16.3 Å². The number of fused-ring (bicyclic) bond motifs is 1. The lowest BCUT2D eigenvalue weighted by Crippen LogP contribution is -2.54. The summed E-state index contributed by atoms with van der Waals surface area (Å²) in [5, 5.41) is 2.28. The van der Waals surface area contributed by atoms with Gasteiger partial charge in [-0.1, -0.05) is 52.3 Å². The Labute approximate surface area is 206 Å². The maximum Gasteiger partial charge on any atom is 0.335 e. The van der Waals surface area contributed by atoms with E-state index in [0.717, 1.165) is 40.9 Å². The van der Waals surface area contributed by atoms with Crippen LogP contribution in [0.15, 0.2) is 82.8 Å². The molecule has 0 radical (unpaired) electrons. The molecule has 7 heteroatoms. The first-order valence-electron chi connectivity index (χ1n) is 11.1. The molecule has 6 nitrogen and oxygen atoms in total. The molecule has 5 rings (SSSR count). The molecule has 1 fully saturated rings. The third kappa shape index (κ3) is 4.39. The van der Waals surface area contributed by atoms with Gasteiger partial charge in [0, 0.05) is 23.2 Å². The number of barbiturate groups is 1. The summed E-state index contributed by atoms with van der Waals surface area (Å²) in [6.45, 7) is 1.81. The van der Waals surface area contributed by atoms with Crippen molar-refractivity contribution in [3.8, 4) is 0 Å². The zero-order chi connectivity index (χ0) is 23.7. The number of aryl methyl sites for hydroxylation is 1. The van der Waals surface area contributed by atoms with Crippen LogP contribution in [-0.4, -0.2) is 24.4 Å². The molecule has 170 valence electrons. The van der Waals surface area contributed by atoms with Gasteiger partial charge in [0.25, 0.3) is 11.8 Å². The van der Waals surface area contributed by atoms with E-state index in [1.165, 1.54) is 16.8 Å². The minimum Gasteiger partial charge on any atom is -0.367 e. The number of urea groups is 1. The Hall–Kier alpha value is -3.71. The minimum atomic E-state index is -0.753. The molecule has 3 aromatic carbocycles. The molecule has 0 unspecified atom stereocenters. The summed E-state index contributed by atoms with van der Waals surface area (Å²) in [7, 11) is 0. The number of hydrogen-bond acceptors (Lipinski definition) is 4. The van der Waals surface area contributed by atoms with Gasteiger partial charge in [-0.05, 0) is 72.0 Å². The predicted octanol–water partition coefficient (Wildman–Crippen LogP) is 5.07. The van der Waals surface area contributed by atoms with Crippen LogP contribution in [0.5, 0.6) is 0 Å². The molecule has 0 atom stereocenters. The van der Waals surface area contributed by atoms with Gasteiger partial charge in [-0.3, -0.25) is 14.9 Å². The van der Waals surface area contributed by atoms with E-state index in [-0.39, 0.29) is 5.57 Å². The molecule has 1 saturated heterocycles. The molecule has 2 aliphatic heterocycles. The molecule has 2 aliphatic rings. The second-order valence-electron chi connectivity index (χ2n) is 8.33. The standard InChI is InChI=1S/C27H22BrN3O3/c28-21-9-11-22(12-10-21)31-26(33)23(25(32)29-27(31)34)16-19-8-13-24-20(15-19)7-4-14-30(24)17-18-5-2-1-3-6-18/h1-3,5-6,8-13,15-16H,4,7,14,17H2,(H,29,32,34). The summed E-state index contributed by atoms with van der Waals surface area (Å²) >= 11 is 3.35. The van der Waals surface area contributed by atoms with Crippen molar-refractivity contribution < 1.29 is 14.4 Å². The zero-order valence-corrected chi connectivity index (χ0v) is 19.9. The van der Waals surface area contributed by atoms with Gasteiger partial charge in [0.2, 0.25) is 0 Å². The number of carbonyl (C=O) groups excluding carboxylic acids is 3. The summed E-state index contributed by atoms with van der Waals surface area (Å²) in [6, 6.07) is 22.4. The maximum absolute atomic E-state index is 13.1. The summed E-state index contributed by atoms with van der Waals surface area (Å²) < 4.78 is 0.823. The van der Waals surface area contributed by atoms with Crippen molar-refractivity contribution in [3.63, 3.8) is 0 Å². The topological polar surface area (TPSA) is 69.7 Å². The van der Waals surface area contributed by atoms with E-state index >= 15 is 0 Å². The molecular formula is C27H22BrN3O3. The summed E-state index contributed by atoms with van der Waals surface area (Å²) in [4.78, 5) is 41.4.